The topological polar surface area (TPSA) is 114 Å². The molecule has 11 nitrogen and oxygen atoms in total. The smallest absolute Gasteiger partial charge is 0.293 e. The Labute approximate surface area is 233 Å². The summed E-state index contributed by atoms with van der Waals surface area (Å²) in [6, 6.07) is 7.34. The minimum atomic E-state index is -0.316. The van der Waals surface area contributed by atoms with Crippen LogP contribution in [0.3, 0.4) is 0 Å². The van der Waals surface area contributed by atoms with Crippen molar-refractivity contribution < 1.29 is 14.3 Å². The fourth-order valence-electron chi connectivity index (χ4n) is 4.33. The number of likely N-dealkylation sites (N-methyl/N-ethyl adjacent to an activating group) is 2. The van der Waals surface area contributed by atoms with Crippen molar-refractivity contribution >= 4 is 45.9 Å². The first-order chi connectivity index (χ1) is 18.9. The molecular formula is C27H36ClN7O4. The van der Waals surface area contributed by atoms with Crippen molar-refractivity contribution in [3.05, 3.63) is 45.8 Å². The van der Waals surface area contributed by atoms with Gasteiger partial charge in [-0.05, 0) is 31.3 Å². The van der Waals surface area contributed by atoms with E-state index in [0.29, 0.717) is 36.5 Å². The summed E-state index contributed by atoms with van der Waals surface area (Å²) < 4.78 is 12.6. The van der Waals surface area contributed by atoms with Crippen LogP contribution in [0, 0.1) is 5.92 Å². The van der Waals surface area contributed by atoms with Crippen molar-refractivity contribution in [1.82, 2.24) is 24.8 Å². The van der Waals surface area contributed by atoms with Crippen LogP contribution in [-0.2, 0) is 16.1 Å². The Bertz CT molecular complexity index is 1350. The molecule has 2 N–H and O–H groups in total. The molecule has 39 heavy (non-hydrogen) atoms. The molecule has 5 rings (SSSR count). The maximum Gasteiger partial charge on any atom is 0.293 e. The molecule has 0 saturated carbocycles. The van der Waals surface area contributed by atoms with Gasteiger partial charge in [0.1, 0.15) is 5.02 Å². The lowest BCUT2D eigenvalue weighted by Crippen LogP contribution is -2.45. The number of hydrogen-bond acceptors (Lipinski definition) is 9. The molecule has 0 atom stereocenters. The Morgan fingerprint density at radius 3 is 2.59 bits per heavy atom. The number of ether oxygens (including phenoxy) is 2. The summed E-state index contributed by atoms with van der Waals surface area (Å²) in [6.07, 6.45) is 1.61. The second-order valence-electron chi connectivity index (χ2n) is 9.35. The van der Waals surface area contributed by atoms with Gasteiger partial charge in [0.2, 0.25) is 5.95 Å². The van der Waals surface area contributed by atoms with Gasteiger partial charge in [-0.2, -0.15) is 4.98 Å². The van der Waals surface area contributed by atoms with E-state index in [0.717, 1.165) is 42.8 Å². The lowest BCUT2D eigenvalue weighted by molar-refractivity contribution is -0.122. The number of nitrogens with one attached hydrogen (secondary N) is 2. The third-order valence-corrected chi connectivity index (χ3v) is 6.90. The van der Waals surface area contributed by atoms with E-state index in [-0.39, 0.29) is 29.7 Å². The third kappa shape index (κ3) is 6.78. The number of anilines is 3. The SMILES string of the molecule is CC.CNC(=O)COc1cc2cc(Nc3nc(N4CCN(C)CC4)ncc3Cl)ccc2n(CC2COC2)c1=O. The van der Waals surface area contributed by atoms with E-state index < -0.39 is 0 Å². The van der Waals surface area contributed by atoms with Crippen LogP contribution >= 0.6 is 11.6 Å². The van der Waals surface area contributed by atoms with Gasteiger partial charge < -0.3 is 34.5 Å². The Morgan fingerprint density at radius 1 is 1.18 bits per heavy atom. The zero-order chi connectivity index (χ0) is 27.9. The summed E-state index contributed by atoms with van der Waals surface area (Å²) in [5, 5.41) is 6.98. The van der Waals surface area contributed by atoms with Gasteiger partial charge in [0.05, 0.1) is 24.9 Å². The van der Waals surface area contributed by atoms with Gasteiger partial charge in [-0.25, -0.2) is 4.98 Å². The van der Waals surface area contributed by atoms with Gasteiger partial charge in [-0.15, -0.1) is 0 Å². The van der Waals surface area contributed by atoms with Crippen LogP contribution in [0.5, 0.6) is 5.75 Å². The van der Waals surface area contributed by atoms with Crippen LogP contribution in [0.15, 0.2) is 35.3 Å². The highest BCUT2D eigenvalue weighted by molar-refractivity contribution is 6.32. The Balaban J connectivity index is 0.00000172. The number of pyridine rings is 1. The van der Waals surface area contributed by atoms with E-state index in [4.69, 9.17) is 21.1 Å². The van der Waals surface area contributed by atoms with Gasteiger partial charge in [-0.3, -0.25) is 9.59 Å². The zero-order valence-corrected chi connectivity index (χ0v) is 23.6. The maximum absolute atomic E-state index is 13.2. The van der Waals surface area contributed by atoms with Crippen LogP contribution in [0.1, 0.15) is 13.8 Å². The largest absolute Gasteiger partial charge is 0.478 e. The van der Waals surface area contributed by atoms with Gasteiger partial charge >= 0.3 is 0 Å². The number of benzene rings is 1. The molecule has 2 fully saturated rings. The molecule has 3 aromatic rings. The fourth-order valence-corrected chi connectivity index (χ4v) is 4.47. The van der Waals surface area contributed by atoms with Gasteiger partial charge in [0, 0.05) is 56.8 Å². The van der Waals surface area contributed by atoms with Crippen molar-refractivity contribution in [2.24, 2.45) is 5.92 Å². The van der Waals surface area contributed by atoms with Crippen LogP contribution in [0.4, 0.5) is 17.5 Å². The first-order valence-corrected chi connectivity index (χ1v) is 13.6. The number of rotatable bonds is 8. The molecule has 1 aromatic carbocycles. The minimum Gasteiger partial charge on any atom is -0.478 e. The van der Waals surface area contributed by atoms with E-state index in [1.807, 2.05) is 32.0 Å². The highest BCUT2D eigenvalue weighted by atomic mass is 35.5. The molecule has 2 aliphatic heterocycles. The Morgan fingerprint density at radius 2 is 1.92 bits per heavy atom. The first-order valence-electron chi connectivity index (χ1n) is 13.2. The molecule has 0 radical (unpaired) electrons. The molecule has 210 valence electrons. The summed E-state index contributed by atoms with van der Waals surface area (Å²) in [5.41, 5.74) is 1.23. The summed E-state index contributed by atoms with van der Waals surface area (Å²) in [5.74, 6) is 1.18. The highest BCUT2D eigenvalue weighted by Crippen LogP contribution is 2.28. The van der Waals surface area contributed by atoms with Gasteiger partial charge in [0.15, 0.2) is 18.2 Å². The third-order valence-electron chi connectivity index (χ3n) is 6.63. The maximum atomic E-state index is 13.2. The van der Waals surface area contributed by atoms with Crippen LogP contribution in [0.2, 0.25) is 5.02 Å². The predicted octanol–water partition coefficient (Wildman–Crippen LogP) is 2.74. The molecule has 2 aliphatic rings. The number of nitrogens with zero attached hydrogens (tertiary/aromatic N) is 5. The first kappa shape index (κ1) is 28.6. The molecule has 2 saturated heterocycles. The van der Waals surface area contributed by atoms with Crippen LogP contribution < -0.4 is 25.8 Å². The quantitative estimate of drug-likeness (QED) is 0.431. The van der Waals surface area contributed by atoms with Crippen LogP contribution in [-0.4, -0.2) is 85.4 Å². The molecular weight excluding hydrogens is 522 g/mol. The normalized spacial score (nSPS) is 15.8. The summed E-state index contributed by atoms with van der Waals surface area (Å²) in [6.45, 7) is 9.05. The molecule has 0 aliphatic carbocycles. The Hall–Kier alpha value is -3.41. The number of piperazine rings is 1. The van der Waals surface area contributed by atoms with E-state index in [1.165, 1.54) is 7.05 Å². The highest BCUT2D eigenvalue weighted by Gasteiger charge is 2.22. The molecule has 4 heterocycles. The van der Waals surface area contributed by atoms with E-state index in [9.17, 15) is 9.59 Å². The lowest BCUT2D eigenvalue weighted by Gasteiger charge is -2.32. The van der Waals surface area contributed by atoms with E-state index in [2.05, 4.69) is 37.4 Å². The second-order valence-corrected chi connectivity index (χ2v) is 9.75. The van der Waals surface area contributed by atoms with Crippen molar-refractivity contribution in [3.8, 4) is 5.75 Å². The molecule has 0 unspecified atom stereocenters. The van der Waals surface area contributed by atoms with Gasteiger partial charge in [-0.1, -0.05) is 25.4 Å². The number of amides is 1. The van der Waals surface area contributed by atoms with Gasteiger partial charge in [0.25, 0.3) is 11.5 Å². The number of carbonyl (C=O) groups excluding carboxylic acids is 1. The monoisotopic (exact) mass is 557 g/mol. The zero-order valence-electron chi connectivity index (χ0n) is 22.9. The second kappa shape index (κ2) is 13.1. The van der Waals surface area contributed by atoms with E-state index in [1.54, 1.807) is 16.8 Å². The van der Waals surface area contributed by atoms with Crippen molar-refractivity contribution in [3.63, 3.8) is 0 Å². The average molecular weight is 558 g/mol. The number of fused-ring (bicyclic) bond motifs is 1. The number of hydrogen-bond donors (Lipinski definition) is 2. The molecule has 0 bridgehead atoms. The number of aromatic nitrogens is 3. The summed E-state index contributed by atoms with van der Waals surface area (Å²) >= 11 is 6.43. The summed E-state index contributed by atoms with van der Waals surface area (Å²) in [4.78, 5) is 38.4. The lowest BCUT2D eigenvalue weighted by atomic mass is 10.1. The number of carbonyl (C=O) groups is 1. The summed E-state index contributed by atoms with van der Waals surface area (Å²) in [7, 11) is 3.62. The van der Waals surface area contributed by atoms with E-state index >= 15 is 0 Å². The molecule has 0 spiro atoms. The molecule has 2 aromatic heterocycles. The Kier molecular flexibility index (Phi) is 9.60. The predicted molar refractivity (Wildman–Crippen MR) is 153 cm³/mol. The van der Waals surface area contributed by atoms with Crippen molar-refractivity contribution in [1.29, 1.82) is 0 Å². The number of halogens is 1. The van der Waals surface area contributed by atoms with Crippen LogP contribution in [0.25, 0.3) is 10.9 Å². The van der Waals surface area contributed by atoms with Crippen molar-refractivity contribution in [2.45, 2.75) is 20.4 Å². The molecule has 1 amide bonds. The fraction of sp³-hybridized carbons (Fsp3) is 0.481. The van der Waals surface area contributed by atoms with Crippen molar-refractivity contribution in [2.75, 3.05) is 70.3 Å². The standard InChI is InChI=1S/C25H30ClN7O4.C2H6/c1-27-22(34)15-37-21-10-17-9-18(3-4-20(17)33(24(21)35)12-16-13-36-14-16)29-23-19(26)11-28-25(30-23)32-7-5-31(2)6-8-32;1-2/h3-4,9-11,16H,5-8,12-15H2,1-2H3,(H,27,34)(H,28,29,30);1-2H3. The average Bonchev–Trinajstić information content (AvgIpc) is 2.93. The molecule has 12 heteroatoms. The minimum absolute atomic E-state index is 0.117.